The van der Waals surface area contributed by atoms with Gasteiger partial charge in [0.05, 0.1) is 0 Å². The fourth-order valence-electron chi connectivity index (χ4n) is 2.54. The maximum Gasteiger partial charge on any atom is 0.282 e. The van der Waals surface area contributed by atoms with Crippen LogP contribution in [0.1, 0.15) is 25.3 Å². The van der Waals surface area contributed by atoms with Crippen molar-refractivity contribution >= 4 is 21.8 Å². The van der Waals surface area contributed by atoms with Crippen LogP contribution < -0.4 is 0 Å². The zero-order chi connectivity index (χ0) is 15.6. The van der Waals surface area contributed by atoms with Crippen molar-refractivity contribution in [3.8, 4) is 0 Å². The average Bonchev–Trinajstić information content (AvgIpc) is 2.42. The van der Waals surface area contributed by atoms with Gasteiger partial charge in [0.25, 0.3) is 10.2 Å². The second-order valence-corrected chi connectivity index (χ2v) is 8.01. The molecule has 2 rings (SSSR count). The zero-order valence-corrected chi connectivity index (χ0v) is 13.8. The number of nitrogens with zero attached hydrogens (tertiary/aromatic N) is 2. The molecule has 1 aliphatic rings. The summed E-state index contributed by atoms with van der Waals surface area (Å²) >= 11 is 5.96. The second-order valence-electron chi connectivity index (χ2n) is 5.57. The van der Waals surface area contributed by atoms with Crippen LogP contribution in [-0.4, -0.2) is 37.2 Å². The third kappa shape index (κ3) is 3.74. The number of hydrogen-bond donors (Lipinski definition) is 0. The lowest BCUT2D eigenvalue weighted by Gasteiger charge is -2.33. The van der Waals surface area contributed by atoms with Crippen molar-refractivity contribution in [1.29, 1.82) is 0 Å². The summed E-state index contributed by atoms with van der Waals surface area (Å²) in [6, 6.07) is 4.34. The number of halogens is 2. The van der Waals surface area contributed by atoms with Crippen LogP contribution in [0.5, 0.6) is 0 Å². The summed E-state index contributed by atoms with van der Waals surface area (Å²) in [5.41, 5.74) is 0.204. The van der Waals surface area contributed by atoms with Gasteiger partial charge in [-0.05, 0) is 30.9 Å². The van der Waals surface area contributed by atoms with Gasteiger partial charge in [0, 0.05) is 37.3 Å². The molecule has 0 N–H and O–H groups in total. The SMILES string of the molecule is CC1CCCN(S(=O)(=O)N(C)Cc2c(F)cccc2Cl)C1. The zero-order valence-electron chi connectivity index (χ0n) is 12.2. The van der Waals surface area contributed by atoms with Crippen LogP contribution in [0.15, 0.2) is 18.2 Å². The molecular formula is C14H20ClFN2O2S. The lowest BCUT2D eigenvalue weighted by Crippen LogP contribution is -2.46. The summed E-state index contributed by atoms with van der Waals surface area (Å²) in [6.07, 6.45) is 1.89. The van der Waals surface area contributed by atoms with Gasteiger partial charge in [-0.25, -0.2) is 4.39 Å². The molecule has 1 unspecified atom stereocenters. The van der Waals surface area contributed by atoms with Gasteiger partial charge in [0.2, 0.25) is 0 Å². The fourth-order valence-corrected chi connectivity index (χ4v) is 4.25. The summed E-state index contributed by atoms with van der Waals surface area (Å²) in [4.78, 5) is 0. The Bertz CT molecular complexity index is 589. The van der Waals surface area contributed by atoms with E-state index >= 15 is 0 Å². The Kier molecular flexibility index (Phi) is 5.24. The molecule has 0 radical (unpaired) electrons. The van der Waals surface area contributed by atoms with E-state index in [9.17, 15) is 12.8 Å². The maximum absolute atomic E-state index is 13.8. The molecule has 7 heteroatoms. The van der Waals surface area contributed by atoms with Crippen LogP contribution in [0.4, 0.5) is 4.39 Å². The highest BCUT2D eigenvalue weighted by Crippen LogP contribution is 2.24. The molecule has 1 aromatic carbocycles. The minimum atomic E-state index is -3.59. The minimum absolute atomic E-state index is 0.0707. The van der Waals surface area contributed by atoms with Crippen LogP contribution in [0.2, 0.25) is 5.02 Å². The van der Waals surface area contributed by atoms with Crippen molar-refractivity contribution in [3.05, 3.63) is 34.6 Å². The summed E-state index contributed by atoms with van der Waals surface area (Å²) in [5, 5.41) is 0.240. The molecule has 1 fully saturated rings. The average molecular weight is 335 g/mol. The van der Waals surface area contributed by atoms with E-state index in [0.29, 0.717) is 19.0 Å². The van der Waals surface area contributed by atoms with Crippen LogP contribution in [0.3, 0.4) is 0 Å². The Morgan fingerprint density at radius 1 is 1.48 bits per heavy atom. The lowest BCUT2D eigenvalue weighted by molar-refractivity contribution is 0.262. The monoisotopic (exact) mass is 334 g/mol. The lowest BCUT2D eigenvalue weighted by atomic mass is 10.0. The van der Waals surface area contributed by atoms with Gasteiger partial charge in [-0.15, -0.1) is 0 Å². The van der Waals surface area contributed by atoms with Crippen molar-refractivity contribution in [2.45, 2.75) is 26.3 Å². The van der Waals surface area contributed by atoms with Crippen LogP contribution >= 0.6 is 11.6 Å². The molecule has 0 bridgehead atoms. The molecule has 1 atom stereocenters. The van der Waals surface area contributed by atoms with Crippen molar-refractivity contribution in [3.63, 3.8) is 0 Å². The molecule has 0 aromatic heterocycles. The Labute approximate surface area is 130 Å². The van der Waals surface area contributed by atoms with Crippen LogP contribution in [0.25, 0.3) is 0 Å². The van der Waals surface area contributed by atoms with Gasteiger partial charge in [-0.1, -0.05) is 24.6 Å². The fraction of sp³-hybridized carbons (Fsp3) is 0.571. The highest BCUT2D eigenvalue weighted by molar-refractivity contribution is 7.86. The molecule has 1 aliphatic heterocycles. The highest BCUT2D eigenvalue weighted by Gasteiger charge is 2.31. The first-order valence-corrected chi connectivity index (χ1v) is 8.74. The number of hydrogen-bond acceptors (Lipinski definition) is 2. The molecular weight excluding hydrogens is 315 g/mol. The smallest absolute Gasteiger partial charge is 0.207 e. The van der Waals surface area contributed by atoms with Gasteiger partial charge in [-0.2, -0.15) is 17.0 Å². The number of rotatable bonds is 4. The topological polar surface area (TPSA) is 40.6 Å². The summed E-state index contributed by atoms with van der Waals surface area (Å²) in [6.45, 7) is 2.99. The number of piperidine rings is 1. The first-order valence-electron chi connectivity index (χ1n) is 6.96. The molecule has 0 spiro atoms. The minimum Gasteiger partial charge on any atom is -0.207 e. The van der Waals surface area contributed by atoms with E-state index < -0.39 is 16.0 Å². The summed E-state index contributed by atoms with van der Waals surface area (Å²) in [5.74, 6) is -0.143. The molecule has 1 saturated heterocycles. The van der Waals surface area contributed by atoms with Crippen molar-refractivity contribution in [2.24, 2.45) is 5.92 Å². The predicted octanol–water partition coefficient (Wildman–Crippen LogP) is 2.89. The first-order chi connectivity index (χ1) is 9.82. The largest absolute Gasteiger partial charge is 0.282 e. The Balaban J connectivity index is 2.17. The van der Waals surface area contributed by atoms with E-state index in [-0.39, 0.29) is 17.1 Å². The van der Waals surface area contributed by atoms with Gasteiger partial charge >= 0.3 is 0 Å². The molecule has 0 saturated carbocycles. The molecule has 21 heavy (non-hydrogen) atoms. The standard InChI is InChI=1S/C14H20ClFN2O2S/c1-11-5-4-8-18(9-11)21(19,20)17(2)10-12-13(15)6-3-7-14(12)16/h3,6-7,11H,4-5,8-10H2,1-2H3. The molecule has 1 heterocycles. The Morgan fingerprint density at radius 2 is 2.19 bits per heavy atom. The van der Waals surface area contributed by atoms with Gasteiger partial charge in [0.1, 0.15) is 5.82 Å². The normalized spacial score (nSPS) is 20.9. The van der Waals surface area contributed by atoms with Gasteiger partial charge in [0.15, 0.2) is 0 Å². The third-order valence-corrected chi connectivity index (χ3v) is 6.04. The van der Waals surface area contributed by atoms with Gasteiger partial charge in [-0.3, -0.25) is 0 Å². The number of benzene rings is 1. The van der Waals surface area contributed by atoms with Crippen LogP contribution in [-0.2, 0) is 16.8 Å². The predicted molar refractivity (Wildman–Crippen MR) is 81.8 cm³/mol. The van der Waals surface area contributed by atoms with Crippen molar-refractivity contribution < 1.29 is 12.8 Å². The molecule has 4 nitrogen and oxygen atoms in total. The van der Waals surface area contributed by atoms with Crippen molar-refractivity contribution in [2.75, 3.05) is 20.1 Å². The summed E-state index contributed by atoms with van der Waals surface area (Å²) < 4.78 is 41.5. The highest BCUT2D eigenvalue weighted by atomic mass is 35.5. The Hall–Kier alpha value is -0.690. The van der Waals surface area contributed by atoms with E-state index in [0.717, 1.165) is 17.1 Å². The molecule has 0 amide bonds. The van der Waals surface area contributed by atoms with E-state index in [1.165, 1.54) is 23.5 Å². The molecule has 118 valence electrons. The van der Waals surface area contributed by atoms with E-state index in [1.807, 2.05) is 6.92 Å². The van der Waals surface area contributed by atoms with Crippen molar-refractivity contribution in [1.82, 2.24) is 8.61 Å². The first kappa shape index (κ1) is 16.7. The Morgan fingerprint density at radius 3 is 2.81 bits per heavy atom. The second kappa shape index (κ2) is 6.60. The summed E-state index contributed by atoms with van der Waals surface area (Å²) in [7, 11) is -2.13. The molecule has 0 aliphatic carbocycles. The maximum atomic E-state index is 13.8. The van der Waals surface area contributed by atoms with E-state index in [4.69, 9.17) is 11.6 Å². The van der Waals surface area contributed by atoms with Gasteiger partial charge < -0.3 is 0 Å². The van der Waals surface area contributed by atoms with E-state index in [1.54, 1.807) is 6.07 Å². The van der Waals surface area contributed by atoms with E-state index in [2.05, 4.69) is 0 Å². The van der Waals surface area contributed by atoms with Crippen LogP contribution in [0, 0.1) is 11.7 Å². The third-order valence-electron chi connectivity index (χ3n) is 3.78. The molecule has 1 aromatic rings. The quantitative estimate of drug-likeness (QED) is 0.849.